The molecule has 0 unspecified atom stereocenters. The van der Waals surface area contributed by atoms with Crippen molar-refractivity contribution >= 4 is 39.3 Å². The quantitative estimate of drug-likeness (QED) is 0.313. The molecule has 35 heavy (non-hydrogen) atoms. The number of nitrogens with one attached hydrogen (secondary N) is 1. The number of nitrogens with zero attached hydrogens (tertiary/aromatic N) is 1. The average molecular weight is 558 g/mol. The molecule has 0 aliphatic heterocycles. The first-order valence-electron chi connectivity index (χ1n) is 11.6. The number of ether oxygens (including phenoxy) is 1. The van der Waals surface area contributed by atoms with Crippen LogP contribution in [0.2, 0.25) is 5.02 Å². The van der Waals surface area contributed by atoms with Crippen LogP contribution in [0.5, 0.6) is 5.75 Å². The molecule has 0 saturated heterocycles. The van der Waals surface area contributed by atoms with E-state index >= 15 is 0 Å². The summed E-state index contributed by atoms with van der Waals surface area (Å²) in [6.45, 7) is 3.99. The molecule has 0 fully saturated rings. The summed E-state index contributed by atoms with van der Waals surface area (Å²) < 4.78 is 6.66. The maximum Gasteiger partial charge on any atom is 0.261 e. The van der Waals surface area contributed by atoms with Crippen molar-refractivity contribution in [3.63, 3.8) is 0 Å². The number of halogens is 2. The van der Waals surface area contributed by atoms with Gasteiger partial charge in [0.25, 0.3) is 5.91 Å². The van der Waals surface area contributed by atoms with Crippen LogP contribution in [-0.4, -0.2) is 35.4 Å². The van der Waals surface area contributed by atoms with Gasteiger partial charge in [0.1, 0.15) is 11.8 Å². The summed E-state index contributed by atoms with van der Waals surface area (Å²) in [7, 11) is 0. The number of hydrogen-bond donors (Lipinski definition) is 1. The zero-order chi connectivity index (χ0) is 25.2. The number of hydrogen-bond acceptors (Lipinski definition) is 3. The molecule has 0 spiro atoms. The van der Waals surface area contributed by atoms with Gasteiger partial charge >= 0.3 is 0 Å². The summed E-state index contributed by atoms with van der Waals surface area (Å²) >= 11 is 9.71. The van der Waals surface area contributed by atoms with Crippen molar-refractivity contribution in [2.75, 3.05) is 6.61 Å². The first kappa shape index (κ1) is 26.8. The Kier molecular flexibility index (Phi) is 10.2. The molecule has 0 heterocycles. The van der Waals surface area contributed by atoms with Crippen LogP contribution in [0.15, 0.2) is 83.3 Å². The van der Waals surface area contributed by atoms with Crippen molar-refractivity contribution in [1.29, 1.82) is 0 Å². The van der Waals surface area contributed by atoms with Crippen LogP contribution in [0.25, 0.3) is 0 Å². The molecule has 1 N–H and O–H groups in total. The van der Waals surface area contributed by atoms with Crippen LogP contribution in [0.1, 0.15) is 31.4 Å². The predicted molar refractivity (Wildman–Crippen MR) is 143 cm³/mol. The van der Waals surface area contributed by atoms with Crippen LogP contribution >= 0.6 is 27.5 Å². The third kappa shape index (κ3) is 8.11. The molecule has 2 amide bonds. The van der Waals surface area contributed by atoms with E-state index < -0.39 is 6.04 Å². The van der Waals surface area contributed by atoms with Gasteiger partial charge in [0, 0.05) is 23.5 Å². The maximum absolute atomic E-state index is 13.6. The fourth-order valence-electron chi connectivity index (χ4n) is 3.61. The Hall–Kier alpha value is -2.83. The summed E-state index contributed by atoms with van der Waals surface area (Å²) in [6, 6.07) is 23.7. The lowest BCUT2D eigenvalue weighted by Crippen LogP contribution is -2.53. The number of benzene rings is 3. The van der Waals surface area contributed by atoms with Gasteiger partial charge in [-0.2, -0.15) is 0 Å². The molecule has 7 heteroatoms. The number of para-hydroxylation sites is 1. The summed E-state index contributed by atoms with van der Waals surface area (Å²) in [5, 5.41) is 3.49. The first-order chi connectivity index (χ1) is 16.9. The van der Waals surface area contributed by atoms with E-state index in [0.29, 0.717) is 17.2 Å². The minimum absolute atomic E-state index is 0.0111. The predicted octanol–water partition coefficient (Wildman–Crippen LogP) is 6.04. The summed E-state index contributed by atoms with van der Waals surface area (Å²) in [5.74, 6) is -0.0667. The highest BCUT2D eigenvalue weighted by molar-refractivity contribution is 9.10. The molecule has 0 radical (unpaired) electrons. The monoisotopic (exact) mass is 556 g/mol. The highest BCUT2D eigenvalue weighted by Crippen LogP contribution is 2.24. The van der Waals surface area contributed by atoms with E-state index in [1.54, 1.807) is 29.2 Å². The highest BCUT2D eigenvalue weighted by atomic mass is 79.9. The van der Waals surface area contributed by atoms with E-state index in [2.05, 4.69) is 21.2 Å². The lowest BCUT2D eigenvalue weighted by Gasteiger charge is -2.32. The Morgan fingerprint density at radius 3 is 2.37 bits per heavy atom. The van der Waals surface area contributed by atoms with Gasteiger partial charge in [-0.3, -0.25) is 9.59 Å². The number of amides is 2. The van der Waals surface area contributed by atoms with Crippen molar-refractivity contribution in [1.82, 2.24) is 10.2 Å². The molecular weight excluding hydrogens is 528 g/mol. The summed E-state index contributed by atoms with van der Waals surface area (Å²) in [6.07, 6.45) is 1.17. The van der Waals surface area contributed by atoms with Gasteiger partial charge in [0.05, 0.1) is 5.02 Å². The SMILES string of the molecule is CC[C@@H](C)NC(=O)[C@@H](Cc1ccccc1)N(Cc1cccc(Br)c1)C(=O)COc1ccccc1Cl. The third-order valence-electron chi connectivity index (χ3n) is 5.70. The van der Waals surface area contributed by atoms with Gasteiger partial charge in [-0.1, -0.05) is 89.1 Å². The topological polar surface area (TPSA) is 58.6 Å². The number of rotatable bonds is 11. The Morgan fingerprint density at radius 1 is 1.00 bits per heavy atom. The summed E-state index contributed by atoms with van der Waals surface area (Å²) in [4.78, 5) is 28.6. The zero-order valence-electron chi connectivity index (χ0n) is 19.9. The average Bonchev–Trinajstić information content (AvgIpc) is 2.86. The number of carbonyl (C=O) groups is 2. The van der Waals surface area contributed by atoms with E-state index in [1.165, 1.54) is 0 Å². The molecule has 0 aliphatic rings. The van der Waals surface area contributed by atoms with Gasteiger partial charge in [-0.25, -0.2) is 0 Å². The molecule has 3 aromatic carbocycles. The lowest BCUT2D eigenvalue weighted by molar-refractivity contribution is -0.143. The van der Waals surface area contributed by atoms with Crippen molar-refractivity contribution < 1.29 is 14.3 Å². The molecule has 0 aromatic heterocycles. The standard InChI is InChI=1S/C28H30BrClN2O3/c1-3-20(2)31-28(34)25(17-21-10-5-4-6-11-21)32(18-22-12-9-13-23(29)16-22)27(33)19-35-26-15-8-7-14-24(26)30/h4-16,20,25H,3,17-19H2,1-2H3,(H,31,34)/t20-,25-/m1/s1. The van der Waals surface area contributed by atoms with Crippen LogP contribution in [0.3, 0.4) is 0 Å². The largest absolute Gasteiger partial charge is 0.482 e. The molecule has 2 atom stereocenters. The fourth-order valence-corrected chi connectivity index (χ4v) is 4.25. The van der Waals surface area contributed by atoms with Crippen LogP contribution in [0, 0.1) is 0 Å². The second kappa shape index (κ2) is 13.3. The first-order valence-corrected chi connectivity index (χ1v) is 12.8. The molecule has 5 nitrogen and oxygen atoms in total. The Balaban J connectivity index is 1.92. The second-order valence-corrected chi connectivity index (χ2v) is 9.72. The molecule has 3 rings (SSSR count). The molecule has 184 valence electrons. The second-order valence-electron chi connectivity index (χ2n) is 8.39. The molecule has 0 aliphatic carbocycles. The summed E-state index contributed by atoms with van der Waals surface area (Å²) in [5.41, 5.74) is 1.87. The maximum atomic E-state index is 13.6. The van der Waals surface area contributed by atoms with Crippen molar-refractivity contribution in [2.45, 2.75) is 45.3 Å². The van der Waals surface area contributed by atoms with E-state index in [9.17, 15) is 9.59 Å². The van der Waals surface area contributed by atoms with Crippen molar-refractivity contribution in [2.24, 2.45) is 0 Å². The van der Waals surface area contributed by atoms with Crippen LogP contribution in [0.4, 0.5) is 0 Å². The van der Waals surface area contributed by atoms with E-state index in [-0.39, 0.29) is 31.0 Å². The highest BCUT2D eigenvalue weighted by Gasteiger charge is 2.31. The van der Waals surface area contributed by atoms with Crippen molar-refractivity contribution in [3.05, 3.63) is 99.5 Å². The molecule has 3 aromatic rings. The number of carbonyl (C=O) groups excluding carboxylic acids is 2. The van der Waals surface area contributed by atoms with Crippen molar-refractivity contribution in [3.8, 4) is 5.75 Å². The normalized spacial score (nSPS) is 12.5. The minimum atomic E-state index is -0.715. The van der Waals surface area contributed by atoms with Gasteiger partial charge in [-0.15, -0.1) is 0 Å². The third-order valence-corrected chi connectivity index (χ3v) is 6.51. The van der Waals surface area contributed by atoms with E-state index in [1.807, 2.05) is 68.4 Å². The lowest BCUT2D eigenvalue weighted by atomic mass is 10.0. The Morgan fingerprint density at radius 2 is 1.69 bits per heavy atom. The van der Waals surface area contributed by atoms with Gasteiger partial charge in [0.15, 0.2) is 6.61 Å². The van der Waals surface area contributed by atoms with E-state index in [4.69, 9.17) is 16.3 Å². The zero-order valence-corrected chi connectivity index (χ0v) is 22.3. The van der Waals surface area contributed by atoms with Crippen LogP contribution < -0.4 is 10.1 Å². The van der Waals surface area contributed by atoms with Gasteiger partial charge < -0.3 is 15.0 Å². The van der Waals surface area contributed by atoms with Gasteiger partial charge in [-0.05, 0) is 48.7 Å². The Labute approximate surface area is 220 Å². The minimum Gasteiger partial charge on any atom is -0.482 e. The smallest absolute Gasteiger partial charge is 0.261 e. The molecular formula is C28H30BrClN2O3. The van der Waals surface area contributed by atoms with Gasteiger partial charge in [0.2, 0.25) is 5.91 Å². The Bertz CT molecular complexity index is 1130. The van der Waals surface area contributed by atoms with Crippen LogP contribution in [-0.2, 0) is 22.6 Å². The fraction of sp³-hybridized carbons (Fsp3) is 0.286. The van der Waals surface area contributed by atoms with E-state index in [0.717, 1.165) is 22.0 Å². The molecule has 0 saturated carbocycles. The molecule has 0 bridgehead atoms.